The molecule has 0 atom stereocenters. The normalized spacial score (nSPS) is 18.8. The molecule has 2 heterocycles. The molecule has 1 aliphatic heterocycles. The molecule has 0 unspecified atom stereocenters. The molecule has 0 aromatic carbocycles. The second-order valence-corrected chi connectivity index (χ2v) is 6.30. The van der Waals surface area contributed by atoms with E-state index in [1.54, 1.807) is 0 Å². The van der Waals surface area contributed by atoms with Crippen molar-refractivity contribution >= 4 is 0 Å². The summed E-state index contributed by atoms with van der Waals surface area (Å²) in [5.41, 5.74) is 2.42. The Hall–Kier alpha value is -1.16. The van der Waals surface area contributed by atoms with Gasteiger partial charge in [-0.05, 0) is 25.3 Å². The first-order valence-electron chi connectivity index (χ1n) is 7.97. The fraction of sp³-hybridized carbons (Fsp3) is 0.750. The fourth-order valence-corrected chi connectivity index (χ4v) is 2.64. The lowest BCUT2D eigenvalue weighted by molar-refractivity contribution is 0.285. The molecule has 1 N–H and O–H groups in total. The van der Waals surface area contributed by atoms with Crippen molar-refractivity contribution in [3.05, 3.63) is 17.1 Å². The van der Waals surface area contributed by atoms with Crippen LogP contribution in [0, 0.1) is 5.92 Å². The van der Waals surface area contributed by atoms with Crippen molar-refractivity contribution in [2.75, 3.05) is 19.7 Å². The highest BCUT2D eigenvalue weighted by Crippen LogP contribution is 2.32. The van der Waals surface area contributed by atoms with E-state index in [9.17, 15) is 0 Å². The van der Waals surface area contributed by atoms with Gasteiger partial charge in [0.1, 0.15) is 5.82 Å². The minimum atomic E-state index is 0.349. The minimum absolute atomic E-state index is 0.349. The molecule has 20 heavy (non-hydrogen) atoms. The van der Waals surface area contributed by atoms with Crippen molar-refractivity contribution in [1.29, 1.82) is 0 Å². The van der Waals surface area contributed by atoms with Crippen molar-refractivity contribution in [3.8, 4) is 5.88 Å². The predicted octanol–water partition coefficient (Wildman–Crippen LogP) is 2.47. The van der Waals surface area contributed by atoms with Gasteiger partial charge in [-0.15, -0.1) is 0 Å². The van der Waals surface area contributed by atoms with Crippen LogP contribution in [-0.4, -0.2) is 29.7 Å². The summed E-state index contributed by atoms with van der Waals surface area (Å²) in [7, 11) is 0. The summed E-state index contributed by atoms with van der Waals surface area (Å²) >= 11 is 0. The second kappa shape index (κ2) is 6.08. The van der Waals surface area contributed by atoms with Gasteiger partial charge in [0.05, 0.1) is 12.3 Å². The Labute approximate surface area is 121 Å². The Morgan fingerprint density at radius 1 is 1.20 bits per heavy atom. The third-order valence-corrected chi connectivity index (χ3v) is 4.14. The quantitative estimate of drug-likeness (QED) is 0.896. The first-order valence-corrected chi connectivity index (χ1v) is 7.97. The molecular weight excluding hydrogens is 250 g/mol. The summed E-state index contributed by atoms with van der Waals surface area (Å²) in [5, 5.41) is 3.43. The Bertz CT molecular complexity index is 469. The lowest BCUT2D eigenvalue weighted by atomic mass is 10.1. The van der Waals surface area contributed by atoms with E-state index in [4.69, 9.17) is 9.72 Å². The van der Waals surface area contributed by atoms with Gasteiger partial charge in [-0.1, -0.05) is 26.7 Å². The molecule has 4 heteroatoms. The molecule has 0 spiro atoms. The minimum Gasteiger partial charge on any atom is -0.477 e. The monoisotopic (exact) mass is 275 g/mol. The summed E-state index contributed by atoms with van der Waals surface area (Å²) in [5.74, 6) is 3.03. The number of nitrogens with one attached hydrogen (secondary N) is 1. The molecule has 1 aromatic heterocycles. The van der Waals surface area contributed by atoms with Gasteiger partial charge in [-0.2, -0.15) is 4.98 Å². The van der Waals surface area contributed by atoms with E-state index in [0.717, 1.165) is 50.2 Å². The molecule has 0 radical (unpaired) electrons. The lowest BCUT2D eigenvalue weighted by Crippen LogP contribution is -2.16. The first-order chi connectivity index (χ1) is 9.74. The maximum absolute atomic E-state index is 6.02. The van der Waals surface area contributed by atoms with Gasteiger partial charge in [0.25, 0.3) is 0 Å². The van der Waals surface area contributed by atoms with Crippen LogP contribution in [0.4, 0.5) is 0 Å². The molecule has 1 aliphatic carbocycles. The first kappa shape index (κ1) is 13.8. The van der Waals surface area contributed by atoms with Crippen LogP contribution in [0.15, 0.2) is 0 Å². The Morgan fingerprint density at radius 2 is 2.00 bits per heavy atom. The number of rotatable bonds is 5. The van der Waals surface area contributed by atoms with Crippen LogP contribution in [0.1, 0.15) is 56.1 Å². The van der Waals surface area contributed by atoms with Crippen LogP contribution in [0.25, 0.3) is 0 Å². The second-order valence-electron chi connectivity index (χ2n) is 6.30. The average molecular weight is 275 g/mol. The van der Waals surface area contributed by atoms with Gasteiger partial charge in [0.2, 0.25) is 5.88 Å². The molecule has 1 saturated carbocycles. The number of aromatic nitrogens is 2. The highest BCUT2D eigenvalue weighted by molar-refractivity contribution is 5.33. The average Bonchev–Trinajstić information content (AvgIpc) is 3.24. The highest BCUT2D eigenvalue weighted by Gasteiger charge is 2.22. The molecular formula is C16H25N3O. The zero-order valence-corrected chi connectivity index (χ0v) is 12.6. The summed E-state index contributed by atoms with van der Waals surface area (Å²) in [6, 6.07) is 0. The Balaban J connectivity index is 1.81. The molecule has 3 rings (SSSR count). The molecule has 2 aliphatic rings. The molecule has 1 fully saturated rings. The van der Waals surface area contributed by atoms with Crippen LogP contribution in [0.2, 0.25) is 0 Å². The van der Waals surface area contributed by atoms with Gasteiger partial charge in [-0.25, -0.2) is 4.98 Å². The third-order valence-electron chi connectivity index (χ3n) is 4.14. The Morgan fingerprint density at radius 3 is 2.75 bits per heavy atom. The summed E-state index contributed by atoms with van der Waals surface area (Å²) < 4.78 is 6.02. The molecule has 0 amide bonds. The number of hydrogen-bond acceptors (Lipinski definition) is 4. The molecule has 4 nitrogen and oxygen atoms in total. The van der Waals surface area contributed by atoms with Crippen LogP contribution in [0.5, 0.6) is 5.88 Å². The van der Waals surface area contributed by atoms with Crippen LogP contribution >= 0.6 is 0 Å². The van der Waals surface area contributed by atoms with E-state index in [0.29, 0.717) is 5.92 Å². The SMILES string of the molecule is CC(C)c1nc2c(c(OCCC3CC3)n1)CCNCC2. The number of hydrogen-bond donors (Lipinski definition) is 1. The van der Waals surface area contributed by atoms with E-state index in [-0.39, 0.29) is 0 Å². The van der Waals surface area contributed by atoms with Gasteiger partial charge >= 0.3 is 0 Å². The third kappa shape index (κ3) is 3.29. The smallest absolute Gasteiger partial charge is 0.220 e. The van der Waals surface area contributed by atoms with Crippen LogP contribution in [-0.2, 0) is 12.8 Å². The van der Waals surface area contributed by atoms with E-state index in [1.165, 1.54) is 30.5 Å². The lowest BCUT2D eigenvalue weighted by Gasteiger charge is -2.15. The molecule has 110 valence electrons. The van der Waals surface area contributed by atoms with Gasteiger partial charge in [-0.3, -0.25) is 0 Å². The predicted molar refractivity (Wildman–Crippen MR) is 79.2 cm³/mol. The number of ether oxygens (including phenoxy) is 1. The largest absolute Gasteiger partial charge is 0.477 e. The summed E-state index contributed by atoms with van der Waals surface area (Å²) in [6.45, 7) is 7.09. The van der Waals surface area contributed by atoms with Crippen molar-refractivity contribution in [2.45, 2.75) is 51.9 Å². The van der Waals surface area contributed by atoms with Crippen molar-refractivity contribution in [1.82, 2.24) is 15.3 Å². The van der Waals surface area contributed by atoms with Crippen LogP contribution in [0.3, 0.4) is 0 Å². The molecule has 0 bridgehead atoms. The topological polar surface area (TPSA) is 47.0 Å². The standard InChI is InChI=1S/C16H25N3O/c1-11(2)15-18-14-6-9-17-8-5-13(14)16(19-15)20-10-7-12-3-4-12/h11-12,17H,3-10H2,1-2H3. The van der Waals surface area contributed by atoms with Gasteiger partial charge in [0, 0.05) is 24.4 Å². The fourth-order valence-electron chi connectivity index (χ4n) is 2.64. The van der Waals surface area contributed by atoms with E-state index >= 15 is 0 Å². The van der Waals surface area contributed by atoms with Gasteiger partial charge < -0.3 is 10.1 Å². The van der Waals surface area contributed by atoms with Crippen molar-refractivity contribution in [2.24, 2.45) is 5.92 Å². The van der Waals surface area contributed by atoms with Crippen molar-refractivity contribution < 1.29 is 4.74 Å². The van der Waals surface area contributed by atoms with Crippen molar-refractivity contribution in [3.63, 3.8) is 0 Å². The Kier molecular flexibility index (Phi) is 4.20. The number of nitrogens with zero attached hydrogens (tertiary/aromatic N) is 2. The van der Waals surface area contributed by atoms with Gasteiger partial charge in [0.15, 0.2) is 0 Å². The maximum atomic E-state index is 6.02. The zero-order valence-electron chi connectivity index (χ0n) is 12.6. The van der Waals surface area contributed by atoms with E-state index in [2.05, 4.69) is 24.1 Å². The van der Waals surface area contributed by atoms with E-state index in [1.807, 2.05) is 0 Å². The van der Waals surface area contributed by atoms with Crippen LogP contribution < -0.4 is 10.1 Å². The maximum Gasteiger partial charge on any atom is 0.220 e. The molecule has 0 saturated heterocycles. The summed E-state index contributed by atoms with van der Waals surface area (Å²) in [6.07, 6.45) is 5.90. The number of fused-ring (bicyclic) bond motifs is 1. The highest BCUT2D eigenvalue weighted by atomic mass is 16.5. The zero-order chi connectivity index (χ0) is 13.9. The van der Waals surface area contributed by atoms with E-state index < -0.39 is 0 Å². The molecule has 1 aromatic rings. The summed E-state index contributed by atoms with van der Waals surface area (Å²) in [4.78, 5) is 9.44.